The number of hydrogen-bond donors (Lipinski definition) is 2. The molecule has 1 aliphatic carbocycles. The molecule has 1 fully saturated rings. The van der Waals surface area contributed by atoms with Gasteiger partial charge in [-0.2, -0.15) is 0 Å². The van der Waals surface area contributed by atoms with E-state index in [2.05, 4.69) is 0 Å². The molecule has 6 nitrogen and oxygen atoms in total. The van der Waals surface area contributed by atoms with Crippen molar-refractivity contribution < 1.29 is 24.5 Å². The quantitative estimate of drug-likeness (QED) is 0.886. The van der Waals surface area contributed by atoms with Crippen LogP contribution in [-0.2, 0) is 9.53 Å². The Morgan fingerprint density at radius 2 is 1.65 bits per heavy atom. The number of ether oxygens (including phenoxy) is 1. The summed E-state index contributed by atoms with van der Waals surface area (Å²) in [5.74, 6) is -1.53. The molecule has 0 bridgehead atoms. The highest BCUT2D eigenvalue weighted by molar-refractivity contribution is 5.83. The number of amides is 1. The van der Waals surface area contributed by atoms with Gasteiger partial charge in [0.1, 0.15) is 6.61 Å². The molecule has 1 atom stereocenters. The highest BCUT2D eigenvalue weighted by atomic mass is 16.6. The second-order valence-electron chi connectivity index (χ2n) is 6.68. The third kappa shape index (κ3) is 2.45. The lowest BCUT2D eigenvalue weighted by molar-refractivity contribution is -0.173. The van der Waals surface area contributed by atoms with E-state index in [0.29, 0.717) is 6.42 Å². The van der Waals surface area contributed by atoms with E-state index in [1.807, 2.05) is 48.5 Å². The van der Waals surface area contributed by atoms with Crippen molar-refractivity contribution in [1.29, 1.82) is 0 Å². The maximum atomic E-state index is 12.4. The molecule has 1 aliphatic heterocycles. The average Bonchev–Trinajstić information content (AvgIpc) is 3.19. The predicted molar refractivity (Wildman–Crippen MR) is 93.6 cm³/mol. The Bertz CT molecular complexity index is 835. The number of hydrogen-bond acceptors (Lipinski definition) is 4. The molecule has 0 radical (unpaired) electrons. The number of aliphatic hydroxyl groups is 1. The van der Waals surface area contributed by atoms with Crippen molar-refractivity contribution in [3.63, 3.8) is 0 Å². The van der Waals surface area contributed by atoms with E-state index in [9.17, 15) is 19.8 Å². The van der Waals surface area contributed by atoms with Crippen molar-refractivity contribution in [2.75, 3.05) is 13.2 Å². The molecular weight excluding hydrogens is 334 g/mol. The molecule has 26 heavy (non-hydrogen) atoms. The van der Waals surface area contributed by atoms with Crippen molar-refractivity contribution >= 4 is 12.1 Å². The first-order valence-electron chi connectivity index (χ1n) is 8.61. The first kappa shape index (κ1) is 16.6. The molecule has 2 N–H and O–H groups in total. The Morgan fingerprint density at radius 1 is 1.08 bits per heavy atom. The van der Waals surface area contributed by atoms with E-state index in [4.69, 9.17) is 4.74 Å². The molecule has 0 saturated carbocycles. The summed E-state index contributed by atoms with van der Waals surface area (Å²) in [4.78, 5) is 24.7. The van der Waals surface area contributed by atoms with E-state index in [0.717, 1.165) is 27.2 Å². The van der Waals surface area contributed by atoms with Gasteiger partial charge < -0.3 is 14.9 Å². The number of fused-ring (bicyclic) bond motifs is 3. The SMILES string of the molecule is O=C(OCC1c2ccccc2-c2ccccc21)N1CCC[C@@]1(O)C(=O)O. The van der Waals surface area contributed by atoms with Gasteiger partial charge in [-0.25, -0.2) is 9.59 Å². The minimum atomic E-state index is -2.18. The summed E-state index contributed by atoms with van der Waals surface area (Å²) in [6.07, 6.45) is -0.367. The number of benzene rings is 2. The summed E-state index contributed by atoms with van der Waals surface area (Å²) in [5, 5.41) is 19.5. The van der Waals surface area contributed by atoms with Gasteiger partial charge in [0.05, 0.1) is 0 Å². The van der Waals surface area contributed by atoms with E-state index in [1.165, 1.54) is 0 Å². The Hall–Kier alpha value is -2.86. The van der Waals surface area contributed by atoms with Crippen LogP contribution in [0.1, 0.15) is 29.9 Å². The highest BCUT2D eigenvalue weighted by Gasteiger charge is 2.49. The van der Waals surface area contributed by atoms with Crippen LogP contribution >= 0.6 is 0 Å². The summed E-state index contributed by atoms with van der Waals surface area (Å²) in [6, 6.07) is 15.9. The maximum Gasteiger partial charge on any atom is 0.412 e. The minimum Gasteiger partial charge on any atom is -0.478 e. The summed E-state index contributed by atoms with van der Waals surface area (Å²) < 4.78 is 5.43. The standard InChI is InChI=1S/C20H19NO5/c22-18(23)20(25)10-5-11-21(20)19(24)26-12-17-15-8-3-1-6-13(15)14-7-2-4-9-16(14)17/h1-4,6-9,17,25H,5,10-12H2,(H,22,23)/t20-/m1/s1. The lowest BCUT2D eigenvalue weighted by atomic mass is 9.98. The number of nitrogens with zero attached hydrogens (tertiary/aromatic N) is 1. The molecule has 2 aliphatic rings. The van der Waals surface area contributed by atoms with Gasteiger partial charge in [0.15, 0.2) is 0 Å². The lowest BCUT2D eigenvalue weighted by Crippen LogP contribution is -2.53. The molecule has 134 valence electrons. The molecule has 1 heterocycles. The Labute approximate surface area is 150 Å². The van der Waals surface area contributed by atoms with Gasteiger partial charge >= 0.3 is 12.1 Å². The fraction of sp³-hybridized carbons (Fsp3) is 0.300. The number of carboxylic acids is 1. The van der Waals surface area contributed by atoms with Crippen molar-refractivity contribution in [2.45, 2.75) is 24.5 Å². The van der Waals surface area contributed by atoms with Gasteiger partial charge in [-0.3, -0.25) is 4.90 Å². The first-order valence-corrected chi connectivity index (χ1v) is 8.61. The van der Waals surface area contributed by atoms with Gasteiger partial charge in [-0.05, 0) is 28.7 Å². The van der Waals surface area contributed by atoms with Crippen LogP contribution in [0.4, 0.5) is 4.79 Å². The second-order valence-corrected chi connectivity index (χ2v) is 6.68. The number of rotatable bonds is 3. The zero-order valence-electron chi connectivity index (χ0n) is 14.1. The molecule has 2 aromatic rings. The number of carbonyl (C=O) groups excluding carboxylic acids is 1. The summed E-state index contributed by atoms with van der Waals surface area (Å²) >= 11 is 0. The molecule has 4 rings (SSSR count). The molecule has 2 aromatic carbocycles. The van der Waals surface area contributed by atoms with Crippen LogP contribution in [0.2, 0.25) is 0 Å². The van der Waals surface area contributed by atoms with Gasteiger partial charge in [-0.1, -0.05) is 48.5 Å². The zero-order chi connectivity index (χ0) is 18.3. The number of aliphatic carboxylic acids is 1. The lowest BCUT2D eigenvalue weighted by Gasteiger charge is -2.29. The Balaban J connectivity index is 1.55. The number of carboxylic acid groups (broad SMARTS) is 1. The average molecular weight is 353 g/mol. The van der Waals surface area contributed by atoms with Crippen LogP contribution in [-0.4, -0.2) is 46.1 Å². The van der Waals surface area contributed by atoms with Crippen molar-refractivity contribution in [3.8, 4) is 11.1 Å². The van der Waals surface area contributed by atoms with Crippen LogP contribution in [0.15, 0.2) is 48.5 Å². The largest absolute Gasteiger partial charge is 0.478 e. The highest BCUT2D eigenvalue weighted by Crippen LogP contribution is 2.44. The van der Waals surface area contributed by atoms with E-state index < -0.39 is 17.8 Å². The van der Waals surface area contributed by atoms with Crippen molar-refractivity contribution in [1.82, 2.24) is 4.90 Å². The summed E-state index contributed by atoms with van der Waals surface area (Å²) in [6.45, 7) is 0.262. The first-order chi connectivity index (χ1) is 12.5. The van der Waals surface area contributed by atoms with E-state index in [-0.39, 0.29) is 25.5 Å². The smallest absolute Gasteiger partial charge is 0.412 e. The third-order valence-corrected chi connectivity index (χ3v) is 5.25. The van der Waals surface area contributed by atoms with Gasteiger partial charge in [0.25, 0.3) is 0 Å². The monoisotopic (exact) mass is 353 g/mol. The molecule has 0 spiro atoms. The second kappa shape index (κ2) is 6.14. The van der Waals surface area contributed by atoms with Crippen LogP contribution in [0, 0.1) is 0 Å². The van der Waals surface area contributed by atoms with E-state index >= 15 is 0 Å². The minimum absolute atomic E-state index is 0.00648. The van der Waals surface area contributed by atoms with Crippen LogP contribution in [0.3, 0.4) is 0 Å². The molecule has 1 saturated heterocycles. The molecule has 0 unspecified atom stereocenters. The molecule has 0 aromatic heterocycles. The fourth-order valence-corrected chi connectivity index (χ4v) is 3.94. The van der Waals surface area contributed by atoms with Crippen molar-refractivity contribution in [3.05, 3.63) is 59.7 Å². The van der Waals surface area contributed by atoms with Gasteiger partial charge in [-0.15, -0.1) is 0 Å². The molecule has 1 amide bonds. The Kier molecular flexibility index (Phi) is 3.92. The zero-order valence-corrected chi connectivity index (χ0v) is 14.1. The van der Waals surface area contributed by atoms with Crippen LogP contribution in [0.25, 0.3) is 11.1 Å². The topological polar surface area (TPSA) is 87.1 Å². The van der Waals surface area contributed by atoms with Crippen molar-refractivity contribution in [2.24, 2.45) is 0 Å². The van der Waals surface area contributed by atoms with Crippen LogP contribution in [0.5, 0.6) is 0 Å². The van der Waals surface area contributed by atoms with Gasteiger partial charge in [0, 0.05) is 18.9 Å². The third-order valence-electron chi connectivity index (χ3n) is 5.25. The Morgan fingerprint density at radius 3 is 2.23 bits per heavy atom. The summed E-state index contributed by atoms with van der Waals surface area (Å²) in [7, 11) is 0. The maximum absolute atomic E-state index is 12.4. The molecule has 6 heteroatoms. The van der Waals surface area contributed by atoms with E-state index in [1.54, 1.807) is 0 Å². The molecular formula is C20H19NO5. The number of likely N-dealkylation sites (tertiary alicyclic amines) is 1. The normalized spacial score (nSPS) is 21.3. The number of carbonyl (C=O) groups is 2. The predicted octanol–water partition coefficient (Wildman–Crippen LogP) is 2.80. The fourth-order valence-electron chi connectivity index (χ4n) is 3.94. The summed E-state index contributed by atoms with van der Waals surface area (Å²) in [5.41, 5.74) is 2.22. The van der Waals surface area contributed by atoms with Gasteiger partial charge in [0.2, 0.25) is 5.72 Å². The van der Waals surface area contributed by atoms with Crippen LogP contribution < -0.4 is 0 Å².